The molecule has 0 aromatic carbocycles. The van der Waals surface area contributed by atoms with E-state index < -0.39 is 0 Å². The molecule has 1 saturated heterocycles. The van der Waals surface area contributed by atoms with Crippen molar-refractivity contribution in [3.63, 3.8) is 0 Å². The Hall–Kier alpha value is -1.92. The van der Waals surface area contributed by atoms with Gasteiger partial charge in [-0.2, -0.15) is 0 Å². The zero-order chi connectivity index (χ0) is 18.0. The Balaban J connectivity index is 1.68. The summed E-state index contributed by atoms with van der Waals surface area (Å²) in [4.78, 5) is 28.1. The van der Waals surface area contributed by atoms with E-state index in [1.807, 2.05) is 18.7 Å². The highest BCUT2D eigenvalue weighted by molar-refractivity contribution is 5.85. The van der Waals surface area contributed by atoms with E-state index in [2.05, 4.69) is 10.2 Å². The van der Waals surface area contributed by atoms with Crippen LogP contribution in [-0.4, -0.2) is 51.9 Å². The summed E-state index contributed by atoms with van der Waals surface area (Å²) in [5, 5.41) is 8.43. The van der Waals surface area contributed by atoms with Crippen molar-refractivity contribution in [1.29, 1.82) is 0 Å². The fourth-order valence-corrected chi connectivity index (χ4v) is 3.50. The van der Waals surface area contributed by atoms with Crippen LogP contribution < -0.4 is 0 Å². The van der Waals surface area contributed by atoms with Gasteiger partial charge >= 0.3 is 0 Å². The molecule has 7 heteroatoms. The van der Waals surface area contributed by atoms with Gasteiger partial charge in [-0.1, -0.05) is 20.3 Å². The molecule has 1 atom stereocenters. The first kappa shape index (κ1) is 17.9. The topological polar surface area (TPSA) is 79.5 Å². The van der Waals surface area contributed by atoms with Crippen LogP contribution in [0.5, 0.6) is 0 Å². The van der Waals surface area contributed by atoms with Gasteiger partial charge in [-0.3, -0.25) is 9.59 Å². The molecule has 25 heavy (non-hydrogen) atoms. The number of amides is 2. The molecule has 3 rings (SSSR count). The predicted octanol–water partition coefficient (Wildman–Crippen LogP) is 2.51. The van der Waals surface area contributed by atoms with Gasteiger partial charge in [0.15, 0.2) is 0 Å². The normalized spacial score (nSPS) is 21.3. The lowest BCUT2D eigenvalue weighted by atomic mass is 9.85. The Bertz CT molecular complexity index is 624. The smallest absolute Gasteiger partial charge is 0.242 e. The maximum absolute atomic E-state index is 12.8. The van der Waals surface area contributed by atoms with Crippen LogP contribution >= 0.6 is 0 Å². The van der Waals surface area contributed by atoms with E-state index in [0.717, 1.165) is 32.1 Å². The summed E-state index contributed by atoms with van der Waals surface area (Å²) in [5.74, 6) is 1.47. The monoisotopic (exact) mass is 348 g/mol. The van der Waals surface area contributed by atoms with E-state index >= 15 is 0 Å². The zero-order valence-electron chi connectivity index (χ0n) is 15.4. The molecule has 0 radical (unpaired) electrons. The second-order valence-corrected chi connectivity index (χ2v) is 7.55. The number of likely N-dealkylation sites (N-methyl/N-ethyl adjacent to an activating group) is 1. The summed E-state index contributed by atoms with van der Waals surface area (Å²) in [7, 11) is 1.68. The van der Waals surface area contributed by atoms with Gasteiger partial charge in [0.2, 0.25) is 23.6 Å². The molecule has 2 heterocycles. The predicted molar refractivity (Wildman–Crippen MR) is 91.7 cm³/mol. The molecule has 0 spiro atoms. The van der Waals surface area contributed by atoms with Crippen molar-refractivity contribution >= 4 is 11.8 Å². The van der Waals surface area contributed by atoms with Crippen molar-refractivity contribution in [2.45, 2.75) is 64.3 Å². The highest BCUT2D eigenvalue weighted by Gasteiger charge is 2.34. The molecule has 138 valence electrons. The van der Waals surface area contributed by atoms with E-state index in [-0.39, 0.29) is 30.3 Å². The van der Waals surface area contributed by atoms with Gasteiger partial charge in [-0.05, 0) is 32.1 Å². The molecular weight excluding hydrogens is 320 g/mol. The first-order valence-electron chi connectivity index (χ1n) is 9.35. The van der Waals surface area contributed by atoms with E-state index in [9.17, 15) is 9.59 Å². The van der Waals surface area contributed by atoms with Crippen LogP contribution in [0.15, 0.2) is 4.42 Å². The minimum Gasteiger partial charge on any atom is -0.423 e. The van der Waals surface area contributed by atoms with Crippen molar-refractivity contribution in [2.24, 2.45) is 5.92 Å². The summed E-state index contributed by atoms with van der Waals surface area (Å²) in [6, 6.07) is -0.162. The van der Waals surface area contributed by atoms with Crippen LogP contribution in [0.4, 0.5) is 0 Å². The number of carbonyl (C=O) groups excluding carboxylic acids is 2. The third kappa shape index (κ3) is 3.85. The molecule has 1 aliphatic carbocycles. The first-order chi connectivity index (χ1) is 12.0. The molecule has 1 unspecified atom stereocenters. The number of rotatable bonds is 5. The van der Waals surface area contributed by atoms with Crippen molar-refractivity contribution < 1.29 is 14.0 Å². The van der Waals surface area contributed by atoms with Gasteiger partial charge in [0, 0.05) is 25.4 Å². The van der Waals surface area contributed by atoms with Crippen LogP contribution in [0, 0.1) is 5.92 Å². The van der Waals surface area contributed by atoms with Crippen LogP contribution in [0.3, 0.4) is 0 Å². The Labute approximate surface area is 148 Å². The molecule has 1 aromatic rings. The van der Waals surface area contributed by atoms with E-state index in [0.29, 0.717) is 24.2 Å². The number of nitrogens with zero attached hydrogens (tertiary/aromatic N) is 4. The van der Waals surface area contributed by atoms with Gasteiger partial charge in [0.1, 0.15) is 6.04 Å². The number of hydrogen-bond donors (Lipinski definition) is 0. The summed E-state index contributed by atoms with van der Waals surface area (Å²) >= 11 is 0. The summed E-state index contributed by atoms with van der Waals surface area (Å²) in [6.07, 6.45) is 6.27. The molecule has 0 N–H and O–H groups in total. The highest BCUT2D eigenvalue weighted by Crippen LogP contribution is 2.37. The number of piperidine rings is 1. The lowest BCUT2D eigenvalue weighted by molar-refractivity contribution is -0.143. The molecule has 2 amide bonds. The van der Waals surface area contributed by atoms with Gasteiger partial charge < -0.3 is 14.2 Å². The molecule has 2 fully saturated rings. The van der Waals surface area contributed by atoms with Crippen molar-refractivity contribution in [2.75, 3.05) is 20.1 Å². The fourth-order valence-electron chi connectivity index (χ4n) is 3.50. The van der Waals surface area contributed by atoms with Crippen molar-refractivity contribution in [3.8, 4) is 0 Å². The molecule has 0 bridgehead atoms. The van der Waals surface area contributed by atoms with Crippen molar-refractivity contribution in [1.82, 2.24) is 20.0 Å². The lowest BCUT2D eigenvalue weighted by Crippen LogP contribution is -2.45. The van der Waals surface area contributed by atoms with Gasteiger partial charge in [0.25, 0.3) is 0 Å². The standard InChI is InChI=1S/C18H28N4O3/c1-12(2)18(24)21(3)11-15(23)22-10-5-4-9-14(22)17-20-19-16(25-17)13-7-6-8-13/h12-14H,4-11H2,1-3H3. The van der Waals surface area contributed by atoms with E-state index in [4.69, 9.17) is 4.42 Å². The maximum Gasteiger partial charge on any atom is 0.242 e. The summed E-state index contributed by atoms with van der Waals surface area (Å²) in [6.45, 7) is 4.45. The Morgan fingerprint density at radius 3 is 2.52 bits per heavy atom. The number of aromatic nitrogens is 2. The number of hydrogen-bond acceptors (Lipinski definition) is 5. The summed E-state index contributed by atoms with van der Waals surface area (Å²) in [5.41, 5.74) is 0. The van der Waals surface area contributed by atoms with E-state index in [1.54, 1.807) is 7.05 Å². The lowest BCUT2D eigenvalue weighted by Gasteiger charge is -2.34. The molecule has 1 aromatic heterocycles. The minimum absolute atomic E-state index is 0.0213. The zero-order valence-corrected chi connectivity index (χ0v) is 15.4. The largest absolute Gasteiger partial charge is 0.423 e. The highest BCUT2D eigenvalue weighted by atomic mass is 16.4. The van der Waals surface area contributed by atoms with Crippen LogP contribution in [0.2, 0.25) is 0 Å². The number of likely N-dealkylation sites (tertiary alicyclic amines) is 1. The van der Waals surface area contributed by atoms with Crippen molar-refractivity contribution in [3.05, 3.63) is 11.8 Å². The minimum atomic E-state index is -0.162. The molecule has 1 aliphatic heterocycles. The molecule has 2 aliphatic rings. The Morgan fingerprint density at radius 2 is 1.88 bits per heavy atom. The summed E-state index contributed by atoms with van der Waals surface area (Å²) < 4.78 is 5.90. The van der Waals surface area contributed by atoms with Crippen LogP contribution in [-0.2, 0) is 9.59 Å². The molecule has 1 saturated carbocycles. The Morgan fingerprint density at radius 1 is 1.16 bits per heavy atom. The average molecular weight is 348 g/mol. The molecule has 7 nitrogen and oxygen atoms in total. The van der Waals surface area contributed by atoms with Gasteiger partial charge in [0.05, 0.1) is 6.54 Å². The fraction of sp³-hybridized carbons (Fsp3) is 0.778. The third-order valence-electron chi connectivity index (χ3n) is 5.26. The van der Waals surface area contributed by atoms with Crippen LogP contribution in [0.1, 0.15) is 76.1 Å². The van der Waals surface area contributed by atoms with E-state index in [1.165, 1.54) is 11.3 Å². The quantitative estimate of drug-likeness (QED) is 0.817. The SMILES string of the molecule is CC(C)C(=O)N(C)CC(=O)N1CCCCC1c1nnc(C2CCC2)o1. The number of carbonyl (C=O) groups is 2. The Kier molecular flexibility index (Phi) is 5.39. The van der Waals surface area contributed by atoms with Crippen LogP contribution in [0.25, 0.3) is 0 Å². The second kappa shape index (κ2) is 7.54. The first-order valence-corrected chi connectivity index (χ1v) is 9.35. The maximum atomic E-state index is 12.8. The third-order valence-corrected chi connectivity index (χ3v) is 5.26. The van der Waals surface area contributed by atoms with Gasteiger partial charge in [-0.15, -0.1) is 10.2 Å². The van der Waals surface area contributed by atoms with Gasteiger partial charge in [-0.25, -0.2) is 0 Å². The average Bonchev–Trinajstić information content (AvgIpc) is 3.01. The second-order valence-electron chi connectivity index (χ2n) is 7.55. The molecular formula is C18H28N4O3.